The van der Waals surface area contributed by atoms with Crippen molar-refractivity contribution in [3.05, 3.63) is 71.3 Å². The summed E-state index contributed by atoms with van der Waals surface area (Å²) in [5.41, 5.74) is 0.919. The molecule has 3 aromatic carbocycles. The van der Waals surface area contributed by atoms with E-state index in [1.165, 1.54) is 62.1 Å². The third-order valence-corrected chi connectivity index (χ3v) is 6.79. The third kappa shape index (κ3) is 4.63. The molecule has 0 heterocycles. The Morgan fingerprint density at radius 2 is 1.48 bits per heavy atom. The number of benzene rings is 3. The summed E-state index contributed by atoms with van der Waals surface area (Å²) in [5, 5.41) is 0.498. The maximum absolute atomic E-state index is 15.0. The van der Waals surface area contributed by atoms with E-state index >= 15 is 8.78 Å². The third-order valence-electron chi connectivity index (χ3n) is 6.79. The minimum Gasteiger partial charge on any atom is -0.206 e. The molecule has 164 valence electrons. The second-order valence-electron chi connectivity index (χ2n) is 8.87. The summed E-state index contributed by atoms with van der Waals surface area (Å²) in [6.45, 7) is 2.21. The molecule has 0 aromatic heterocycles. The molecule has 4 heteroatoms. The lowest BCUT2D eigenvalue weighted by Crippen LogP contribution is -2.14. The molecule has 0 atom stereocenters. The number of hydrogen-bond acceptors (Lipinski definition) is 0. The molecule has 0 aliphatic heterocycles. The predicted octanol–water partition coefficient (Wildman–Crippen LogP) is 8.92. The van der Waals surface area contributed by atoms with Crippen LogP contribution in [0.25, 0.3) is 21.9 Å². The summed E-state index contributed by atoms with van der Waals surface area (Å²) in [7, 11) is 0. The Bertz CT molecular complexity index is 1040. The van der Waals surface area contributed by atoms with Crippen LogP contribution in [0, 0.1) is 29.2 Å². The average Bonchev–Trinajstić information content (AvgIpc) is 2.76. The van der Waals surface area contributed by atoms with Crippen molar-refractivity contribution in [2.75, 3.05) is 0 Å². The van der Waals surface area contributed by atoms with Gasteiger partial charge >= 0.3 is 0 Å². The standard InChI is InChI=1S/C27H28F4/c1-2-3-4-5-17-6-8-18(9-7-17)21-15-24(29)26(25(30)16-21)20-10-12-22-19(14-20)11-13-23(28)27(22)31/h10-18H,2-9H2,1H3/t17-,18-. The Hall–Kier alpha value is -2.36. The zero-order chi connectivity index (χ0) is 22.0. The fourth-order valence-electron chi connectivity index (χ4n) is 4.99. The Morgan fingerprint density at radius 3 is 2.16 bits per heavy atom. The zero-order valence-electron chi connectivity index (χ0n) is 17.9. The van der Waals surface area contributed by atoms with E-state index in [-0.39, 0.29) is 16.9 Å². The lowest BCUT2D eigenvalue weighted by Gasteiger charge is -2.29. The quantitative estimate of drug-likeness (QED) is 0.272. The van der Waals surface area contributed by atoms with Crippen molar-refractivity contribution in [2.45, 2.75) is 64.2 Å². The molecule has 0 spiro atoms. The second-order valence-corrected chi connectivity index (χ2v) is 8.87. The lowest BCUT2D eigenvalue weighted by molar-refractivity contribution is 0.302. The van der Waals surface area contributed by atoms with E-state index in [1.54, 1.807) is 0 Å². The number of unbranched alkanes of at least 4 members (excludes halogenated alkanes) is 2. The van der Waals surface area contributed by atoms with Gasteiger partial charge in [0.2, 0.25) is 0 Å². The van der Waals surface area contributed by atoms with Crippen molar-refractivity contribution in [3.63, 3.8) is 0 Å². The number of halogens is 4. The van der Waals surface area contributed by atoms with Gasteiger partial charge in [0.1, 0.15) is 11.6 Å². The van der Waals surface area contributed by atoms with Crippen LogP contribution in [-0.4, -0.2) is 0 Å². The van der Waals surface area contributed by atoms with Gasteiger partial charge in [0.05, 0.1) is 5.56 Å². The number of rotatable bonds is 6. The Morgan fingerprint density at radius 1 is 0.774 bits per heavy atom. The highest BCUT2D eigenvalue weighted by atomic mass is 19.2. The summed E-state index contributed by atoms with van der Waals surface area (Å²) in [6, 6.07) is 9.66. The first-order valence-electron chi connectivity index (χ1n) is 11.3. The zero-order valence-corrected chi connectivity index (χ0v) is 17.9. The molecule has 0 nitrogen and oxygen atoms in total. The summed E-state index contributed by atoms with van der Waals surface area (Å²) in [6.07, 6.45) is 9.20. The molecule has 0 bridgehead atoms. The average molecular weight is 429 g/mol. The van der Waals surface area contributed by atoms with E-state index < -0.39 is 23.3 Å². The summed E-state index contributed by atoms with van der Waals surface area (Å²) in [5.74, 6) is -2.19. The molecule has 0 N–H and O–H groups in total. The first-order valence-corrected chi connectivity index (χ1v) is 11.3. The molecule has 0 amide bonds. The predicted molar refractivity (Wildman–Crippen MR) is 118 cm³/mol. The van der Waals surface area contributed by atoms with Crippen LogP contribution in [0.2, 0.25) is 0 Å². The van der Waals surface area contributed by atoms with Crippen LogP contribution in [0.5, 0.6) is 0 Å². The molecule has 1 aliphatic carbocycles. The van der Waals surface area contributed by atoms with Crippen LogP contribution >= 0.6 is 0 Å². The highest BCUT2D eigenvalue weighted by Gasteiger charge is 2.24. The smallest absolute Gasteiger partial charge is 0.166 e. The minimum atomic E-state index is -0.953. The molecule has 1 saturated carbocycles. The van der Waals surface area contributed by atoms with Crippen LogP contribution in [0.1, 0.15) is 69.8 Å². The van der Waals surface area contributed by atoms with E-state index in [0.717, 1.165) is 43.2 Å². The molecule has 31 heavy (non-hydrogen) atoms. The van der Waals surface area contributed by atoms with Crippen molar-refractivity contribution in [2.24, 2.45) is 5.92 Å². The van der Waals surface area contributed by atoms with Gasteiger partial charge in [-0.2, -0.15) is 0 Å². The molecule has 0 saturated heterocycles. The van der Waals surface area contributed by atoms with Crippen LogP contribution in [0.4, 0.5) is 17.6 Å². The van der Waals surface area contributed by atoms with Crippen molar-refractivity contribution in [1.82, 2.24) is 0 Å². The lowest BCUT2D eigenvalue weighted by atomic mass is 9.76. The highest BCUT2D eigenvalue weighted by molar-refractivity contribution is 5.88. The van der Waals surface area contributed by atoms with Gasteiger partial charge in [-0.05, 0) is 78.3 Å². The van der Waals surface area contributed by atoms with Crippen molar-refractivity contribution in [3.8, 4) is 11.1 Å². The van der Waals surface area contributed by atoms with Gasteiger partial charge in [-0.3, -0.25) is 0 Å². The molecular formula is C27H28F4. The van der Waals surface area contributed by atoms with E-state index in [0.29, 0.717) is 10.9 Å². The SMILES string of the molecule is CCCCC[C@H]1CC[C@H](c2cc(F)c(-c3ccc4c(F)c(F)ccc4c3)c(F)c2)CC1. The molecule has 3 aromatic rings. The van der Waals surface area contributed by atoms with Gasteiger partial charge in [-0.1, -0.05) is 50.8 Å². The maximum Gasteiger partial charge on any atom is 0.166 e. The molecule has 0 unspecified atom stereocenters. The van der Waals surface area contributed by atoms with Gasteiger partial charge in [0, 0.05) is 5.39 Å². The number of fused-ring (bicyclic) bond motifs is 1. The summed E-state index contributed by atoms with van der Waals surface area (Å²) < 4.78 is 57.4. The fourth-order valence-corrected chi connectivity index (χ4v) is 4.99. The first-order chi connectivity index (χ1) is 15.0. The number of hydrogen-bond donors (Lipinski definition) is 0. The van der Waals surface area contributed by atoms with E-state index in [4.69, 9.17) is 0 Å². The topological polar surface area (TPSA) is 0 Å². The highest BCUT2D eigenvalue weighted by Crippen LogP contribution is 2.40. The monoisotopic (exact) mass is 428 g/mol. The molecule has 1 fully saturated rings. The van der Waals surface area contributed by atoms with E-state index in [1.807, 2.05) is 0 Å². The van der Waals surface area contributed by atoms with Crippen LogP contribution in [0.3, 0.4) is 0 Å². The molecular weight excluding hydrogens is 400 g/mol. The van der Waals surface area contributed by atoms with Crippen LogP contribution < -0.4 is 0 Å². The summed E-state index contributed by atoms with van der Waals surface area (Å²) >= 11 is 0. The Kier molecular flexibility index (Phi) is 6.64. The second kappa shape index (κ2) is 9.42. The van der Waals surface area contributed by atoms with Gasteiger partial charge < -0.3 is 0 Å². The maximum atomic E-state index is 15.0. The van der Waals surface area contributed by atoms with Gasteiger partial charge in [0.15, 0.2) is 11.6 Å². The first kappa shape index (κ1) is 21.9. The molecule has 0 radical (unpaired) electrons. The largest absolute Gasteiger partial charge is 0.206 e. The van der Waals surface area contributed by atoms with E-state index in [2.05, 4.69) is 6.92 Å². The summed E-state index contributed by atoms with van der Waals surface area (Å²) in [4.78, 5) is 0. The van der Waals surface area contributed by atoms with Crippen molar-refractivity contribution >= 4 is 10.8 Å². The Labute approximate surface area is 181 Å². The Balaban J connectivity index is 1.54. The molecule has 4 rings (SSSR count). The van der Waals surface area contributed by atoms with Crippen LogP contribution in [0.15, 0.2) is 42.5 Å². The van der Waals surface area contributed by atoms with Crippen LogP contribution in [-0.2, 0) is 0 Å². The van der Waals surface area contributed by atoms with E-state index in [9.17, 15) is 8.78 Å². The van der Waals surface area contributed by atoms with Gasteiger partial charge in [-0.25, -0.2) is 17.6 Å². The van der Waals surface area contributed by atoms with Gasteiger partial charge in [0.25, 0.3) is 0 Å². The van der Waals surface area contributed by atoms with Gasteiger partial charge in [-0.15, -0.1) is 0 Å². The normalized spacial score (nSPS) is 19.1. The molecule has 1 aliphatic rings. The minimum absolute atomic E-state index is 0.0943. The fraction of sp³-hybridized carbons (Fsp3) is 0.407. The van der Waals surface area contributed by atoms with Crippen molar-refractivity contribution in [1.29, 1.82) is 0 Å². The van der Waals surface area contributed by atoms with Crippen molar-refractivity contribution < 1.29 is 17.6 Å².